The summed E-state index contributed by atoms with van der Waals surface area (Å²) in [7, 11) is 3.22. The minimum absolute atomic E-state index is 0.257. The van der Waals surface area contributed by atoms with Crippen LogP contribution in [-0.2, 0) is 0 Å². The molecule has 0 amide bonds. The number of rotatable bonds is 4. The van der Waals surface area contributed by atoms with E-state index in [9.17, 15) is 0 Å². The van der Waals surface area contributed by atoms with Gasteiger partial charge in [0.05, 0.1) is 24.8 Å². The number of anilines is 1. The molecular weight excluding hydrogens is 298 g/mol. The van der Waals surface area contributed by atoms with E-state index >= 15 is 0 Å². The fourth-order valence-corrected chi connectivity index (χ4v) is 2.94. The van der Waals surface area contributed by atoms with Crippen LogP contribution in [0.3, 0.4) is 0 Å². The lowest BCUT2D eigenvalue weighted by molar-refractivity contribution is 0.355. The average molecular weight is 313 g/mol. The topological polar surface area (TPSA) is 70.3 Å². The maximum atomic E-state index is 5.75. The van der Waals surface area contributed by atoms with Gasteiger partial charge in [-0.1, -0.05) is 12.1 Å². The Morgan fingerprint density at radius 2 is 1.91 bits per heavy atom. The maximum absolute atomic E-state index is 5.75. The second-order valence-corrected chi connectivity index (χ2v) is 5.49. The monoisotopic (exact) mass is 313 g/mol. The van der Waals surface area contributed by atoms with Crippen molar-refractivity contribution in [2.75, 3.05) is 20.0 Å². The molecule has 0 saturated heterocycles. The molecule has 22 heavy (non-hydrogen) atoms. The quantitative estimate of drug-likeness (QED) is 0.798. The molecule has 0 atom stereocenters. The molecule has 2 heterocycles. The number of nitrogens with zero attached hydrogens (tertiary/aromatic N) is 2. The highest BCUT2D eigenvalue weighted by Crippen LogP contribution is 2.37. The van der Waals surface area contributed by atoms with Crippen molar-refractivity contribution >= 4 is 17.3 Å². The van der Waals surface area contributed by atoms with Crippen LogP contribution in [-0.4, -0.2) is 24.2 Å². The molecule has 0 bridgehead atoms. The molecule has 0 spiro atoms. The van der Waals surface area contributed by atoms with Gasteiger partial charge >= 0.3 is 0 Å². The Hall–Kier alpha value is -2.60. The fraction of sp³-hybridized carbons (Fsp3) is 0.125. The van der Waals surface area contributed by atoms with Crippen LogP contribution in [0.2, 0.25) is 0 Å². The molecule has 3 rings (SSSR count). The van der Waals surface area contributed by atoms with Crippen molar-refractivity contribution in [2.24, 2.45) is 0 Å². The first-order valence-electron chi connectivity index (χ1n) is 6.61. The second-order valence-electron chi connectivity index (χ2n) is 4.54. The summed E-state index contributed by atoms with van der Waals surface area (Å²) in [4.78, 5) is 9.56. The normalized spacial score (nSPS) is 10.5. The third-order valence-electron chi connectivity index (χ3n) is 3.26. The van der Waals surface area contributed by atoms with Gasteiger partial charge in [-0.3, -0.25) is 0 Å². The minimum Gasteiger partial charge on any atom is -0.493 e. The van der Waals surface area contributed by atoms with Crippen LogP contribution >= 0.6 is 11.3 Å². The van der Waals surface area contributed by atoms with Gasteiger partial charge in [-0.2, -0.15) is 0 Å². The Labute approximate surface area is 132 Å². The van der Waals surface area contributed by atoms with E-state index in [4.69, 9.17) is 15.2 Å². The van der Waals surface area contributed by atoms with Gasteiger partial charge in [0.25, 0.3) is 0 Å². The largest absolute Gasteiger partial charge is 0.493 e. The second kappa shape index (κ2) is 6.03. The Balaban J connectivity index is 2.16. The lowest BCUT2D eigenvalue weighted by Gasteiger charge is -2.11. The van der Waals surface area contributed by atoms with E-state index in [1.165, 1.54) is 0 Å². The van der Waals surface area contributed by atoms with E-state index in [0.717, 1.165) is 21.7 Å². The number of thiophene rings is 1. The van der Waals surface area contributed by atoms with Crippen LogP contribution in [0.5, 0.6) is 11.5 Å². The van der Waals surface area contributed by atoms with Gasteiger partial charge in [-0.15, -0.1) is 11.3 Å². The first-order chi connectivity index (χ1) is 10.7. The van der Waals surface area contributed by atoms with Crippen LogP contribution in [0.25, 0.3) is 21.7 Å². The molecule has 1 aromatic carbocycles. The summed E-state index contributed by atoms with van der Waals surface area (Å²) in [5, 5.41) is 2.01. The van der Waals surface area contributed by atoms with Crippen LogP contribution in [0.1, 0.15) is 0 Å². The highest BCUT2D eigenvalue weighted by atomic mass is 32.1. The third-order valence-corrected chi connectivity index (χ3v) is 4.13. The summed E-state index contributed by atoms with van der Waals surface area (Å²) in [6.07, 6.45) is 1.73. The molecule has 0 saturated carbocycles. The lowest BCUT2D eigenvalue weighted by atomic mass is 10.0. The van der Waals surface area contributed by atoms with Crippen molar-refractivity contribution in [3.05, 3.63) is 41.9 Å². The van der Waals surface area contributed by atoms with Crippen molar-refractivity contribution in [3.8, 4) is 33.2 Å². The van der Waals surface area contributed by atoms with Crippen molar-refractivity contribution in [3.63, 3.8) is 0 Å². The SMILES string of the molecule is COc1ccc(-c2cnc(N)nc2-c2cccs2)cc1OC. The van der Waals surface area contributed by atoms with Gasteiger partial charge in [0.1, 0.15) is 0 Å². The molecule has 2 aromatic heterocycles. The van der Waals surface area contributed by atoms with Crippen LogP contribution < -0.4 is 15.2 Å². The van der Waals surface area contributed by atoms with E-state index in [0.29, 0.717) is 11.5 Å². The standard InChI is InChI=1S/C16H15N3O2S/c1-20-12-6-5-10(8-13(12)21-2)11-9-18-16(17)19-15(11)14-4-3-7-22-14/h3-9H,1-2H3,(H2,17,18,19). The zero-order chi connectivity index (χ0) is 15.5. The van der Waals surface area contributed by atoms with Gasteiger partial charge in [0.2, 0.25) is 5.95 Å². The Morgan fingerprint density at radius 3 is 2.59 bits per heavy atom. The molecule has 0 fully saturated rings. The van der Waals surface area contributed by atoms with E-state index in [1.54, 1.807) is 31.8 Å². The van der Waals surface area contributed by atoms with E-state index < -0.39 is 0 Å². The number of hydrogen-bond donors (Lipinski definition) is 1. The predicted octanol–water partition coefficient (Wildman–Crippen LogP) is 3.47. The number of nitrogens with two attached hydrogens (primary N) is 1. The van der Waals surface area contributed by atoms with Crippen molar-refractivity contribution < 1.29 is 9.47 Å². The highest BCUT2D eigenvalue weighted by molar-refractivity contribution is 7.13. The molecule has 0 aliphatic carbocycles. The predicted molar refractivity (Wildman–Crippen MR) is 88.3 cm³/mol. The smallest absolute Gasteiger partial charge is 0.220 e. The lowest BCUT2D eigenvalue weighted by Crippen LogP contribution is -1.98. The van der Waals surface area contributed by atoms with Crippen LogP contribution in [0.4, 0.5) is 5.95 Å². The van der Waals surface area contributed by atoms with Crippen LogP contribution in [0.15, 0.2) is 41.9 Å². The fourth-order valence-electron chi connectivity index (χ4n) is 2.21. The number of methoxy groups -OCH3 is 2. The maximum Gasteiger partial charge on any atom is 0.220 e. The summed E-state index contributed by atoms with van der Waals surface area (Å²) < 4.78 is 10.6. The molecule has 0 aliphatic rings. The molecule has 112 valence electrons. The molecule has 2 N–H and O–H groups in total. The van der Waals surface area contributed by atoms with Gasteiger partial charge in [0.15, 0.2) is 11.5 Å². The summed E-state index contributed by atoms with van der Waals surface area (Å²) in [5.41, 5.74) is 8.41. The number of aromatic nitrogens is 2. The molecular formula is C16H15N3O2S. The molecule has 0 unspecified atom stereocenters. The summed E-state index contributed by atoms with van der Waals surface area (Å²) in [5.74, 6) is 1.60. The van der Waals surface area contributed by atoms with Gasteiger partial charge in [-0.25, -0.2) is 9.97 Å². The van der Waals surface area contributed by atoms with Crippen LogP contribution in [0, 0.1) is 0 Å². The zero-order valence-electron chi connectivity index (χ0n) is 12.2. The van der Waals surface area contributed by atoms with Crippen molar-refractivity contribution in [2.45, 2.75) is 0 Å². The third kappa shape index (κ3) is 2.60. The number of nitrogen functional groups attached to an aromatic ring is 1. The molecule has 0 radical (unpaired) electrons. The van der Waals surface area contributed by atoms with E-state index in [-0.39, 0.29) is 5.95 Å². The molecule has 3 aromatic rings. The first-order valence-corrected chi connectivity index (χ1v) is 7.49. The van der Waals surface area contributed by atoms with Gasteiger partial charge in [-0.05, 0) is 29.1 Å². The Bertz CT molecular complexity index is 788. The summed E-state index contributed by atoms with van der Waals surface area (Å²) in [6, 6.07) is 9.72. The number of benzene rings is 1. The van der Waals surface area contributed by atoms with Gasteiger partial charge in [0, 0.05) is 11.8 Å². The van der Waals surface area contributed by atoms with Crippen molar-refractivity contribution in [1.29, 1.82) is 0 Å². The average Bonchev–Trinajstić information content (AvgIpc) is 3.08. The molecule has 0 aliphatic heterocycles. The summed E-state index contributed by atoms with van der Waals surface area (Å²) >= 11 is 1.61. The number of ether oxygens (including phenoxy) is 2. The van der Waals surface area contributed by atoms with Crippen molar-refractivity contribution in [1.82, 2.24) is 9.97 Å². The zero-order valence-corrected chi connectivity index (χ0v) is 13.1. The van der Waals surface area contributed by atoms with E-state index in [1.807, 2.05) is 35.7 Å². The Morgan fingerprint density at radius 1 is 1.09 bits per heavy atom. The molecule has 5 nitrogen and oxygen atoms in total. The van der Waals surface area contributed by atoms with Gasteiger partial charge < -0.3 is 15.2 Å². The first kappa shape index (κ1) is 14.3. The molecule has 6 heteroatoms. The minimum atomic E-state index is 0.257. The summed E-state index contributed by atoms with van der Waals surface area (Å²) in [6.45, 7) is 0. The highest BCUT2D eigenvalue weighted by Gasteiger charge is 2.14. The number of hydrogen-bond acceptors (Lipinski definition) is 6. The Kier molecular flexibility index (Phi) is 3.93. The van der Waals surface area contributed by atoms with E-state index in [2.05, 4.69) is 9.97 Å².